The lowest BCUT2D eigenvalue weighted by Gasteiger charge is -2.22. The minimum absolute atomic E-state index is 0.0588. The Morgan fingerprint density at radius 2 is 1.17 bits per heavy atom. The molecule has 0 saturated heterocycles. The highest BCUT2D eigenvalue weighted by atomic mass is 35.5. The average Bonchev–Trinajstić information content (AvgIpc) is 2.69. The van der Waals surface area contributed by atoms with Crippen molar-refractivity contribution < 1.29 is 19.1 Å². The zero-order valence-electron chi connectivity index (χ0n) is 16.7. The fraction of sp³-hybridized carbons (Fsp3) is 0.600. The van der Waals surface area contributed by atoms with Crippen molar-refractivity contribution >= 4 is 69.9 Å². The van der Waals surface area contributed by atoms with Crippen molar-refractivity contribution in [3.63, 3.8) is 0 Å². The average molecular weight is 507 g/mol. The van der Waals surface area contributed by atoms with E-state index in [9.17, 15) is 9.59 Å². The third kappa shape index (κ3) is 7.36. The van der Waals surface area contributed by atoms with Gasteiger partial charge in [-0.1, -0.05) is 103 Å². The van der Waals surface area contributed by atoms with Gasteiger partial charge in [0.1, 0.15) is 10.0 Å². The van der Waals surface area contributed by atoms with E-state index in [-0.39, 0.29) is 37.5 Å². The van der Waals surface area contributed by atoms with Crippen LogP contribution in [0.2, 0.25) is 25.1 Å². The van der Waals surface area contributed by atoms with Crippen LogP contribution < -0.4 is 4.74 Å². The van der Waals surface area contributed by atoms with Crippen LogP contribution in [-0.4, -0.2) is 18.5 Å². The van der Waals surface area contributed by atoms with Crippen LogP contribution in [0.15, 0.2) is 0 Å². The molecule has 0 aliphatic rings. The molecular weight excluding hydrogens is 481 g/mol. The van der Waals surface area contributed by atoms with E-state index >= 15 is 0 Å². The fourth-order valence-electron chi connectivity index (χ4n) is 2.38. The third-order valence-corrected chi connectivity index (χ3v) is 6.61. The first kappa shape index (κ1) is 26.6. The number of ether oxygens (including phenoxy) is 2. The van der Waals surface area contributed by atoms with Gasteiger partial charge in [-0.3, -0.25) is 9.59 Å². The Kier molecular flexibility index (Phi) is 11.4. The number of benzene rings is 1. The second kappa shape index (κ2) is 12.5. The predicted molar refractivity (Wildman–Crippen MR) is 120 cm³/mol. The lowest BCUT2D eigenvalue weighted by atomic mass is 9.94. The van der Waals surface area contributed by atoms with Crippen molar-refractivity contribution in [3.05, 3.63) is 25.1 Å². The molecule has 9 heteroatoms. The van der Waals surface area contributed by atoms with Crippen molar-refractivity contribution in [1.29, 1.82) is 0 Å². The SMILES string of the molecule is CCCCCCCCCOC(=O)C(C)(C)C(=O)Oc1c(Cl)c(Cl)c(Cl)c(Cl)c1Cl. The Hall–Kier alpha value is -0.390. The molecular formula is C20H25Cl5O4. The number of hydrogen-bond donors (Lipinski definition) is 0. The molecule has 1 aromatic rings. The number of carbonyl (C=O) groups is 2. The summed E-state index contributed by atoms with van der Waals surface area (Å²) in [5.41, 5.74) is -1.58. The van der Waals surface area contributed by atoms with E-state index in [0.29, 0.717) is 0 Å². The van der Waals surface area contributed by atoms with Crippen molar-refractivity contribution in [3.8, 4) is 5.75 Å². The molecule has 0 unspecified atom stereocenters. The van der Waals surface area contributed by atoms with Gasteiger partial charge >= 0.3 is 11.9 Å². The number of rotatable bonds is 11. The zero-order chi connectivity index (χ0) is 22.2. The summed E-state index contributed by atoms with van der Waals surface area (Å²) in [5.74, 6) is -1.86. The largest absolute Gasteiger partial charge is 0.465 e. The van der Waals surface area contributed by atoms with Gasteiger partial charge in [0.2, 0.25) is 0 Å². The highest BCUT2D eigenvalue weighted by Gasteiger charge is 2.41. The van der Waals surface area contributed by atoms with E-state index in [1.807, 2.05) is 0 Å². The molecule has 0 atom stereocenters. The number of hydrogen-bond acceptors (Lipinski definition) is 4. The van der Waals surface area contributed by atoms with E-state index in [0.717, 1.165) is 19.3 Å². The molecule has 1 aromatic carbocycles. The van der Waals surface area contributed by atoms with Gasteiger partial charge in [0.25, 0.3) is 0 Å². The molecule has 0 aliphatic carbocycles. The second-order valence-corrected chi connectivity index (χ2v) is 9.06. The number of unbranched alkanes of at least 4 members (excludes halogenated alkanes) is 6. The Morgan fingerprint density at radius 3 is 1.69 bits per heavy atom. The zero-order valence-corrected chi connectivity index (χ0v) is 20.5. The molecule has 0 bridgehead atoms. The predicted octanol–water partition coefficient (Wildman–Crippen LogP) is 8.18. The topological polar surface area (TPSA) is 52.6 Å². The van der Waals surface area contributed by atoms with E-state index in [1.165, 1.54) is 39.5 Å². The minimum Gasteiger partial charge on any atom is -0.465 e. The fourth-order valence-corrected chi connectivity index (χ4v) is 3.58. The molecule has 0 spiro atoms. The highest BCUT2D eigenvalue weighted by Crippen LogP contribution is 2.48. The molecule has 164 valence electrons. The maximum atomic E-state index is 12.6. The summed E-state index contributed by atoms with van der Waals surface area (Å²) >= 11 is 30.0. The first-order valence-electron chi connectivity index (χ1n) is 9.46. The third-order valence-electron chi connectivity index (χ3n) is 4.37. The van der Waals surface area contributed by atoms with Crippen LogP contribution in [-0.2, 0) is 14.3 Å². The summed E-state index contributed by atoms with van der Waals surface area (Å²) in [6, 6.07) is 0. The van der Waals surface area contributed by atoms with E-state index in [2.05, 4.69) is 6.92 Å². The van der Waals surface area contributed by atoms with Gasteiger partial charge in [0, 0.05) is 0 Å². The summed E-state index contributed by atoms with van der Waals surface area (Å²) in [5, 5.41) is -0.621. The molecule has 0 aromatic heterocycles. The van der Waals surface area contributed by atoms with Crippen molar-refractivity contribution in [2.75, 3.05) is 6.61 Å². The minimum atomic E-state index is -1.58. The molecule has 0 saturated carbocycles. The number of esters is 2. The smallest absolute Gasteiger partial charge is 0.328 e. The summed E-state index contributed by atoms with van der Waals surface area (Å²) in [6.45, 7) is 5.19. The quantitative estimate of drug-likeness (QED) is 0.0758. The Balaban J connectivity index is 2.64. The molecule has 0 fully saturated rings. The van der Waals surface area contributed by atoms with Gasteiger partial charge in [0.05, 0.1) is 21.7 Å². The van der Waals surface area contributed by atoms with Crippen LogP contribution in [0.25, 0.3) is 0 Å². The molecule has 0 radical (unpaired) electrons. The lowest BCUT2D eigenvalue weighted by molar-refractivity contribution is -0.164. The van der Waals surface area contributed by atoms with E-state index in [4.69, 9.17) is 67.5 Å². The van der Waals surface area contributed by atoms with Gasteiger partial charge in [0.15, 0.2) is 11.2 Å². The van der Waals surface area contributed by atoms with Gasteiger partial charge < -0.3 is 9.47 Å². The van der Waals surface area contributed by atoms with Gasteiger partial charge in [-0.2, -0.15) is 0 Å². The van der Waals surface area contributed by atoms with Gasteiger partial charge in [-0.05, 0) is 20.3 Å². The summed E-state index contributed by atoms with van der Waals surface area (Å²) in [7, 11) is 0. The standard InChI is InChI=1S/C20H25Cl5O4/c1-4-5-6-7-8-9-10-11-28-18(26)20(2,3)19(27)29-17-15(24)13(22)12(21)14(23)16(17)25/h4-11H2,1-3H3. The van der Waals surface area contributed by atoms with Crippen LogP contribution in [0, 0.1) is 5.41 Å². The van der Waals surface area contributed by atoms with Gasteiger partial charge in [-0.25, -0.2) is 0 Å². The molecule has 0 N–H and O–H groups in total. The van der Waals surface area contributed by atoms with Crippen molar-refractivity contribution in [2.24, 2.45) is 5.41 Å². The Labute approximate surface area is 197 Å². The monoisotopic (exact) mass is 504 g/mol. The first-order chi connectivity index (χ1) is 13.6. The maximum absolute atomic E-state index is 12.6. The Morgan fingerprint density at radius 1 is 0.724 bits per heavy atom. The van der Waals surface area contributed by atoms with Gasteiger partial charge in [-0.15, -0.1) is 0 Å². The van der Waals surface area contributed by atoms with Crippen LogP contribution >= 0.6 is 58.0 Å². The summed E-state index contributed by atoms with van der Waals surface area (Å²) < 4.78 is 10.5. The normalized spacial score (nSPS) is 11.4. The van der Waals surface area contributed by atoms with Crippen molar-refractivity contribution in [2.45, 2.75) is 65.7 Å². The van der Waals surface area contributed by atoms with Crippen molar-refractivity contribution in [1.82, 2.24) is 0 Å². The highest BCUT2D eigenvalue weighted by molar-refractivity contribution is 6.55. The summed E-state index contributed by atoms with van der Waals surface area (Å²) in [4.78, 5) is 24.9. The Bertz CT molecular complexity index is 705. The molecule has 4 nitrogen and oxygen atoms in total. The van der Waals surface area contributed by atoms with Crippen LogP contribution in [0.3, 0.4) is 0 Å². The lowest BCUT2D eigenvalue weighted by Crippen LogP contribution is -2.38. The molecule has 1 rings (SSSR count). The van der Waals surface area contributed by atoms with E-state index in [1.54, 1.807) is 0 Å². The molecule has 0 amide bonds. The van der Waals surface area contributed by atoms with Crippen LogP contribution in [0.4, 0.5) is 0 Å². The second-order valence-electron chi connectivity index (χ2n) is 7.17. The molecule has 0 heterocycles. The first-order valence-corrected chi connectivity index (χ1v) is 11.4. The number of carbonyl (C=O) groups excluding carboxylic acids is 2. The maximum Gasteiger partial charge on any atom is 0.328 e. The summed E-state index contributed by atoms with van der Waals surface area (Å²) in [6.07, 6.45) is 7.64. The molecule has 0 aliphatic heterocycles. The van der Waals surface area contributed by atoms with Crippen LogP contribution in [0.1, 0.15) is 65.7 Å². The molecule has 29 heavy (non-hydrogen) atoms. The van der Waals surface area contributed by atoms with E-state index < -0.39 is 17.4 Å². The number of halogens is 5. The van der Waals surface area contributed by atoms with Crippen LogP contribution in [0.5, 0.6) is 5.75 Å².